The summed E-state index contributed by atoms with van der Waals surface area (Å²) in [5.74, 6) is 0.632. The van der Waals surface area contributed by atoms with E-state index in [0.29, 0.717) is 42.9 Å². The van der Waals surface area contributed by atoms with Crippen LogP contribution in [0.5, 0.6) is 11.5 Å². The summed E-state index contributed by atoms with van der Waals surface area (Å²) < 4.78 is 37.7. The van der Waals surface area contributed by atoms with Gasteiger partial charge in [0.2, 0.25) is 0 Å². The number of halogens is 2. The highest BCUT2D eigenvalue weighted by atomic mass is 19.1. The van der Waals surface area contributed by atoms with Crippen molar-refractivity contribution in [2.75, 3.05) is 6.54 Å². The minimum Gasteiger partial charge on any atom is -0.489 e. The predicted molar refractivity (Wildman–Crippen MR) is 199 cm³/mol. The Kier molecular flexibility index (Phi) is 14.9. The van der Waals surface area contributed by atoms with Crippen molar-refractivity contribution in [3.05, 3.63) is 160 Å². The van der Waals surface area contributed by atoms with E-state index in [1.807, 2.05) is 24.3 Å². The molecular formula is C43H46F2N2O5. The van der Waals surface area contributed by atoms with Gasteiger partial charge in [0.1, 0.15) is 36.3 Å². The standard InChI is InChI=1S/C25H27FN2O2.C18H19FO3/c1-18(2)15-22-16-21(25(29)28-14-11-19-9-12-27-13-10-19)5-8-24(22)30-17-20-3-6-23(26)7-4-20;1-12(2)9-15-10-14(18(20)21)5-8-17(15)22-11-13-3-6-16(19)7-4-13/h3-10,12-13,16,18H,11,14-15,17H2,1-2H3,(H,28,29);3-8,10,12H,9,11H2,1-2H3,(H,20,21). The maximum atomic E-state index is 13.1. The topological polar surface area (TPSA) is 97.8 Å². The van der Waals surface area contributed by atoms with Gasteiger partial charge in [0.05, 0.1) is 5.56 Å². The van der Waals surface area contributed by atoms with Crippen LogP contribution >= 0.6 is 0 Å². The lowest BCUT2D eigenvalue weighted by molar-refractivity contribution is 0.0696. The molecule has 0 spiro atoms. The smallest absolute Gasteiger partial charge is 0.335 e. The molecule has 9 heteroatoms. The third kappa shape index (κ3) is 13.0. The van der Waals surface area contributed by atoms with Crippen molar-refractivity contribution in [1.82, 2.24) is 10.3 Å². The molecule has 272 valence electrons. The summed E-state index contributed by atoms with van der Waals surface area (Å²) in [6, 6.07) is 26.7. The van der Waals surface area contributed by atoms with Gasteiger partial charge in [0, 0.05) is 24.5 Å². The van der Waals surface area contributed by atoms with E-state index in [4.69, 9.17) is 14.6 Å². The molecule has 1 heterocycles. The fourth-order valence-electron chi connectivity index (χ4n) is 5.37. The first kappa shape index (κ1) is 39.2. The summed E-state index contributed by atoms with van der Waals surface area (Å²) >= 11 is 0. The van der Waals surface area contributed by atoms with Gasteiger partial charge in [-0.2, -0.15) is 0 Å². The summed E-state index contributed by atoms with van der Waals surface area (Å²) in [6.07, 6.45) is 5.79. The monoisotopic (exact) mass is 708 g/mol. The largest absolute Gasteiger partial charge is 0.489 e. The highest BCUT2D eigenvalue weighted by Gasteiger charge is 2.13. The molecule has 0 saturated heterocycles. The van der Waals surface area contributed by atoms with E-state index in [-0.39, 0.29) is 23.1 Å². The van der Waals surface area contributed by atoms with Gasteiger partial charge in [-0.3, -0.25) is 9.78 Å². The van der Waals surface area contributed by atoms with Gasteiger partial charge in [0.25, 0.3) is 5.91 Å². The Morgan fingerprint density at radius 3 is 1.58 bits per heavy atom. The third-order valence-electron chi connectivity index (χ3n) is 7.95. The van der Waals surface area contributed by atoms with Gasteiger partial charge < -0.3 is 19.9 Å². The first-order valence-electron chi connectivity index (χ1n) is 17.4. The zero-order chi connectivity index (χ0) is 37.5. The number of carboxylic acids is 1. The number of carboxylic acid groups (broad SMARTS) is 1. The molecule has 0 fully saturated rings. The van der Waals surface area contributed by atoms with Gasteiger partial charge in [-0.1, -0.05) is 52.0 Å². The van der Waals surface area contributed by atoms with Crippen molar-refractivity contribution in [2.45, 2.75) is 60.2 Å². The van der Waals surface area contributed by atoms with Crippen LogP contribution in [0.15, 0.2) is 109 Å². The molecule has 0 bridgehead atoms. The van der Waals surface area contributed by atoms with Crippen LogP contribution in [0.2, 0.25) is 0 Å². The summed E-state index contributed by atoms with van der Waals surface area (Å²) in [6.45, 7) is 9.62. The Hall–Kier alpha value is -5.57. The Morgan fingerprint density at radius 1 is 0.654 bits per heavy atom. The van der Waals surface area contributed by atoms with Crippen molar-refractivity contribution < 1.29 is 33.0 Å². The normalized spacial score (nSPS) is 10.8. The number of carbonyl (C=O) groups is 2. The molecule has 52 heavy (non-hydrogen) atoms. The molecule has 0 radical (unpaired) electrons. The Labute approximate surface area is 304 Å². The molecule has 0 aliphatic rings. The number of ether oxygens (including phenoxy) is 2. The van der Waals surface area contributed by atoms with E-state index in [1.165, 1.54) is 30.3 Å². The van der Waals surface area contributed by atoms with E-state index < -0.39 is 5.97 Å². The second-order valence-corrected chi connectivity index (χ2v) is 13.3. The lowest BCUT2D eigenvalue weighted by Gasteiger charge is -2.15. The van der Waals surface area contributed by atoms with Crippen LogP contribution in [0.1, 0.15) is 76.2 Å². The molecule has 0 atom stereocenters. The number of rotatable bonds is 15. The molecule has 0 saturated carbocycles. The highest BCUT2D eigenvalue weighted by Crippen LogP contribution is 2.26. The van der Waals surface area contributed by atoms with E-state index in [0.717, 1.165) is 52.8 Å². The fourth-order valence-corrected chi connectivity index (χ4v) is 5.37. The molecular weight excluding hydrogens is 662 g/mol. The van der Waals surface area contributed by atoms with Gasteiger partial charge in [-0.15, -0.1) is 0 Å². The molecule has 1 aromatic heterocycles. The Morgan fingerprint density at radius 2 is 1.12 bits per heavy atom. The quantitative estimate of drug-likeness (QED) is 0.113. The maximum Gasteiger partial charge on any atom is 0.335 e. The molecule has 5 rings (SSSR count). The molecule has 7 nitrogen and oxygen atoms in total. The number of pyridine rings is 1. The zero-order valence-electron chi connectivity index (χ0n) is 30.1. The molecule has 0 aliphatic carbocycles. The summed E-state index contributed by atoms with van der Waals surface area (Å²) in [4.78, 5) is 27.7. The van der Waals surface area contributed by atoms with Crippen LogP contribution in [-0.2, 0) is 32.5 Å². The van der Waals surface area contributed by atoms with Crippen molar-refractivity contribution in [1.29, 1.82) is 0 Å². The first-order chi connectivity index (χ1) is 25.0. The van der Waals surface area contributed by atoms with Gasteiger partial charge in [-0.05, 0) is 132 Å². The zero-order valence-corrected chi connectivity index (χ0v) is 30.1. The third-order valence-corrected chi connectivity index (χ3v) is 7.95. The molecule has 0 unspecified atom stereocenters. The van der Waals surface area contributed by atoms with Crippen LogP contribution in [0, 0.1) is 23.5 Å². The lowest BCUT2D eigenvalue weighted by atomic mass is 9.99. The van der Waals surface area contributed by atoms with E-state index in [2.05, 4.69) is 38.0 Å². The SMILES string of the molecule is CC(C)Cc1cc(C(=O)NCCc2ccncc2)ccc1OCc1ccc(F)cc1.CC(C)Cc1cc(C(=O)O)ccc1OCc1ccc(F)cc1. The molecule has 5 aromatic rings. The van der Waals surface area contributed by atoms with Crippen molar-refractivity contribution in [3.63, 3.8) is 0 Å². The van der Waals surface area contributed by atoms with E-state index in [1.54, 1.807) is 54.9 Å². The van der Waals surface area contributed by atoms with Crippen LogP contribution in [-0.4, -0.2) is 28.5 Å². The summed E-state index contributed by atoms with van der Waals surface area (Å²) in [7, 11) is 0. The maximum absolute atomic E-state index is 13.1. The van der Waals surface area contributed by atoms with Crippen molar-refractivity contribution in [2.24, 2.45) is 11.8 Å². The molecule has 1 amide bonds. The van der Waals surface area contributed by atoms with Crippen molar-refractivity contribution >= 4 is 11.9 Å². The predicted octanol–water partition coefficient (Wildman–Crippen LogP) is 9.27. The number of hydrogen-bond donors (Lipinski definition) is 2. The number of hydrogen-bond acceptors (Lipinski definition) is 5. The van der Waals surface area contributed by atoms with Crippen LogP contribution in [0.4, 0.5) is 8.78 Å². The van der Waals surface area contributed by atoms with Gasteiger partial charge in [0.15, 0.2) is 0 Å². The second kappa shape index (κ2) is 19.7. The lowest BCUT2D eigenvalue weighted by Crippen LogP contribution is -2.25. The highest BCUT2D eigenvalue weighted by molar-refractivity contribution is 5.94. The number of nitrogens with one attached hydrogen (secondary N) is 1. The molecule has 0 aliphatic heterocycles. The number of benzene rings is 4. The van der Waals surface area contributed by atoms with Gasteiger partial charge >= 0.3 is 5.97 Å². The molecule has 4 aromatic carbocycles. The minimum absolute atomic E-state index is 0.0980. The number of carbonyl (C=O) groups excluding carboxylic acids is 1. The van der Waals surface area contributed by atoms with E-state index >= 15 is 0 Å². The van der Waals surface area contributed by atoms with Crippen LogP contribution in [0.25, 0.3) is 0 Å². The second-order valence-electron chi connectivity index (χ2n) is 13.3. The van der Waals surface area contributed by atoms with Crippen LogP contribution < -0.4 is 14.8 Å². The average Bonchev–Trinajstić information content (AvgIpc) is 3.12. The first-order valence-corrected chi connectivity index (χ1v) is 17.4. The summed E-state index contributed by atoms with van der Waals surface area (Å²) in [5.41, 5.74) is 5.63. The average molecular weight is 709 g/mol. The number of aromatic carboxylic acids is 1. The molecule has 2 N–H and O–H groups in total. The Balaban J connectivity index is 0.000000244. The number of amides is 1. The number of aromatic nitrogens is 1. The van der Waals surface area contributed by atoms with Crippen molar-refractivity contribution in [3.8, 4) is 11.5 Å². The van der Waals surface area contributed by atoms with Crippen LogP contribution in [0.3, 0.4) is 0 Å². The summed E-state index contributed by atoms with van der Waals surface area (Å²) in [5, 5.41) is 12.1. The minimum atomic E-state index is -0.949. The van der Waals surface area contributed by atoms with Gasteiger partial charge in [-0.25, -0.2) is 13.6 Å². The number of nitrogens with zero attached hydrogens (tertiary/aromatic N) is 1. The Bertz CT molecular complexity index is 1880. The fraction of sp³-hybridized carbons (Fsp3) is 0.279. The van der Waals surface area contributed by atoms with E-state index in [9.17, 15) is 18.4 Å².